The van der Waals surface area contributed by atoms with Gasteiger partial charge in [0.05, 0.1) is 22.6 Å². The Morgan fingerprint density at radius 3 is 2.08 bits per heavy atom. The van der Waals surface area contributed by atoms with Gasteiger partial charge in [-0.25, -0.2) is 0 Å². The molecule has 7 aliphatic heterocycles. The molecule has 0 saturated heterocycles. The van der Waals surface area contributed by atoms with E-state index in [2.05, 4.69) is 196 Å². The molecule has 19 rings (SSSR count). The van der Waals surface area contributed by atoms with Gasteiger partial charge in [0.15, 0.2) is 0 Å². The lowest BCUT2D eigenvalue weighted by Gasteiger charge is -2.31. The summed E-state index contributed by atoms with van der Waals surface area (Å²) in [4.78, 5) is 2.66. The molecule has 0 radical (unpaired) electrons. The van der Waals surface area contributed by atoms with E-state index < -0.39 is 0 Å². The Bertz CT molecular complexity index is 3530. The van der Waals surface area contributed by atoms with Crippen LogP contribution in [0.1, 0.15) is 55.3 Å². The second-order valence-electron chi connectivity index (χ2n) is 18.1. The Morgan fingerprint density at radius 1 is 0.508 bits per heavy atom. The van der Waals surface area contributed by atoms with Gasteiger partial charge in [0.25, 0.3) is 0 Å². The normalized spacial score (nSPS) is 18.2. The van der Waals surface area contributed by atoms with Gasteiger partial charge >= 0.3 is 0 Å². The summed E-state index contributed by atoms with van der Waals surface area (Å²) >= 11 is 0. The van der Waals surface area contributed by atoms with Crippen LogP contribution in [0.2, 0.25) is 0 Å². The maximum Gasteiger partial charge on any atom is 0.0629 e. The fraction of sp³-hybridized carbons (Fsp3) is 0.133. The van der Waals surface area contributed by atoms with E-state index in [1.807, 2.05) is 0 Å². The van der Waals surface area contributed by atoms with Crippen molar-refractivity contribution in [2.24, 2.45) is 0 Å². The summed E-state index contributed by atoms with van der Waals surface area (Å²) in [6, 6.07) is 49.5. The topological polar surface area (TPSA) is 13.1 Å². The minimum Gasteiger partial charge on any atom is -0.337 e. The van der Waals surface area contributed by atoms with Gasteiger partial charge in [-0.15, -0.1) is 0 Å². The number of anilines is 1. The molecular weight excluding hydrogens is 763 g/mol. The number of allylic oxidation sites excluding steroid dienone is 10. The number of rotatable bonds is 1. The van der Waals surface area contributed by atoms with Crippen LogP contribution in [0.15, 0.2) is 193 Å². The van der Waals surface area contributed by atoms with Crippen molar-refractivity contribution in [3.05, 3.63) is 210 Å². The first-order valence-electron chi connectivity index (χ1n) is 22.9. The molecule has 0 saturated carbocycles. The fourth-order valence-electron chi connectivity index (χ4n) is 11.9. The van der Waals surface area contributed by atoms with Crippen LogP contribution in [0, 0.1) is 0 Å². The summed E-state index contributed by atoms with van der Waals surface area (Å²) < 4.78 is 5.08. The molecule has 0 spiro atoms. The summed E-state index contributed by atoms with van der Waals surface area (Å²) in [7, 11) is 0. The maximum atomic E-state index is 2.66. The number of hydrogen-bond acceptors (Lipinski definition) is 1. The first kappa shape index (κ1) is 35.3. The number of fused-ring (bicyclic) bond motifs is 2. The van der Waals surface area contributed by atoms with E-state index in [0.717, 1.165) is 44.9 Å². The van der Waals surface area contributed by atoms with E-state index in [-0.39, 0.29) is 0 Å². The van der Waals surface area contributed by atoms with Crippen LogP contribution in [0.5, 0.6) is 0 Å². The number of hydrogen-bond donors (Lipinski definition) is 0. The van der Waals surface area contributed by atoms with Crippen molar-refractivity contribution in [1.29, 1.82) is 0 Å². The molecule has 2 aromatic heterocycles. The summed E-state index contributed by atoms with van der Waals surface area (Å²) in [6.45, 7) is 0. The predicted molar refractivity (Wildman–Crippen MR) is 265 cm³/mol. The lowest BCUT2D eigenvalue weighted by molar-refractivity contribution is 0.741. The van der Waals surface area contributed by atoms with Gasteiger partial charge in [0, 0.05) is 50.2 Å². The van der Waals surface area contributed by atoms with Gasteiger partial charge < -0.3 is 14.0 Å². The van der Waals surface area contributed by atoms with Crippen molar-refractivity contribution < 1.29 is 0 Å². The van der Waals surface area contributed by atoms with Gasteiger partial charge in [0.2, 0.25) is 0 Å². The Labute approximate surface area is 367 Å². The summed E-state index contributed by atoms with van der Waals surface area (Å²) in [6.07, 6.45) is 28.3. The highest BCUT2D eigenvalue weighted by atomic mass is 15.2. The molecule has 16 bridgehead atoms. The molecule has 63 heavy (non-hydrogen) atoms. The van der Waals surface area contributed by atoms with E-state index in [9.17, 15) is 0 Å². The molecule has 9 heterocycles. The number of aromatic nitrogens is 2. The number of benzene rings is 6. The average Bonchev–Trinajstić information content (AvgIpc) is 3.99. The van der Waals surface area contributed by atoms with E-state index in [1.54, 1.807) is 0 Å². The minimum absolute atomic E-state index is 0.299. The molecule has 1 unspecified atom stereocenters. The van der Waals surface area contributed by atoms with Crippen molar-refractivity contribution in [3.63, 3.8) is 0 Å². The Balaban J connectivity index is 1.04. The Morgan fingerprint density at radius 2 is 1.24 bits per heavy atom. The highest BCUT2D eigenvalue weighted by Gasteiger charge is 2.38. The van der Waals surface area contributed by atoms with Crippen molar-refractivity contribution in [1.82, 2.24) is 9.13 Å². The monoisotopic (exact) mass is 807 g/mol. The average molecular weight is 808 g/mol. The van der Waals surface area contributed by atoms with Crippen molar-refractivity contribution in [3.8, 4) is 39.1 Å². The smallest absolute Gasteiger partial charge is 0.0629 e. The Kier molecular flexibility index (Phi) is 7.59. The van der Waals surface area contributed by atoms with Crippen LogP contribution in [0.3, 0.4) is 0 Å². The van der Waals surface area contributed by atoms with E-state index in [4.69, 9.17) is 0 Å². The zero-order chi connectivity index (χ0) is 41.2. The molecule has 0 fully saturated rings. The van der Waals surface area contributed by atoms with Crippen LogP contribution in [-0.4, -0.2) is 15.2 Å². The SMILES string of the molecule is C1=CCCC(n2c3ccc4cc3c3c(cccc32)C2=CC3=C(CC2)N(c2ccc(cc2)-c2cccc(c2)-n2c5c(c6cc(ccc62)-c2cccc-4c2)C=CCC5)C2CC=CC=C32)=C1. The summed E-state index contributed by atoms with van der Waals surface area (Å²) in [5.41, 5.74) is 25.0. The minimum atomic E-state index is 0.299. The molecule has 0 N–H and O–H groups in total. The molecule has 6 aromatic carbocycles. The van der Waals surface area contributed by atoms with Crippen molar-refractivity contribution >= 4 is 55.7 Å². The Hall–Kier alpha value is -7.36. The third-order valence-corrected chi connectivity index (χ3v) is 14.8. The third kappa shape index (κ3) is 5.26. The van der Waals surface area contributed by atoms with Gasteiger partial charge in [-0.2, -0.15) is 0 Å². The molecule has 11 aliphatic rings. The van der Waals surface area contributed by atoms with Crippen LogP contribution in [-0.2, 0) is 6.42 Å². The summed E-state index contributed by atoms with van der Waals surface area (Å²) in [5, 5.41) is 3.99. The first-order chi connectivity index (χ1) is 31.2. The van der Waals surface area contributed by atoms with Crippen molar-refractivity contribution in [2.45, 2.75) is 51.0 Å². The quantitative estimate of drug-likeness (QED) is 0.161. The van der Waals surface area contributed by atoms with Crippen LogP contribution < -0.4 is 4.90 Å². The van der Waals surface area contributed by atoms with Crippen LogP contribution in [0.4, 0.5) is 5.69 Å². The molecular formula is C60H45N3. The molecule has 3 nitrogen and oxygen atoms in total. The van der Waals surface area contributed by atoms with Gasteiger partial charge in [-0.05, 0) is 173 Å². The maximum absolute atomic E-state index is 2.66. The molecule has 300 valence electrons. The second kappa shape index (κ2) is 13.6. The molecule has 4 aliphatic carbocycles. The van der Waals surface area contributed by atoms with Crippen LogP contribution in [0.25, 0.3) is 89.1 Å². The van der Waals surface area contributed by atoms with Gasteiger partial charge in [0.1, 0.15) is 0 Å². The van der Waals surface area contributed by atoms with E-state index in [0.29, 0.717) is 6.04 Å². The fourth-order valence-corrected chi connectivity index (χ4v) is 11.9. The van der Waals surface area contributed by atoms with Crippen LogP contribution >= 0.6 is 0 Å². The second-order valence-corrected chi connectivity index (χ2v) is 18.1. The van der Waals surface area contributed by atoms with Gasteiger partial charge in [-0.1, -0.05) is 109 Å². The molecule has 8 aromatic rings. The van der Waals surface area contributed by atoms with Crippen molar-refractivity contribution in [2.75, 3.05) is 4.90 Å². The standard InChI is InChI=1S/C60H45N3/c1-2-14-45(15-3-1)62-58-31-26-43-36-53(58)60-48(19-10-22-59(60)62)44-27-32-56-52(37-44)50-18-4-6-20-54(50)61(56)46-28-23-38(24-29-46)41-13-9-16-47(34-41)63-55-21-7-5-17-49(55)51-35-42(25-30-57(51)63)39-11-8-12-40(43)33-39/h1-2,4-6,8-14,16-19,22-26,28-31,33-37,54H,3,7,15,20-21,27,32H2. The van der Waals surface area contributed by atoms with E-state index in [1.165, 1.54) is 122 Å². The predicted octanol–water partition coefficient (Wildman–Crippen LogP) is 15.4. The molecule has 1 atom stereocenters. The largest absolute Gasteiger partial charge is 0.337 e. The molecule has 0 amide bonds. The lowest BCUT2D eigenvalue weighted by atomic mass is 9.86. The first-order valence-corrected chi connectivity index (χ1v) is 22.9. The highest BCUT2D eigenvalue weighted by molar-refractivity contribution is 6.15. The van der Waals surface area contributed by atoms with E-state index >= 15 is 0 Å². The summed E-state index contributed by atoms with van der Waals surface area (Å²) in [5.74, 6) is 0. The lowest BCUT2D eigenvalue weighted by Crippen LogP contribution is -2.31. The third-order valence-electron chi connectivity index (χ3n) is 14.8. The zero-order valence-corrected chi connectivity index (χ0v) is 35.2. The molecule has 3 heteroatoms. The van der Waals surface area contributed by atoms with Gasteiger partial charge in [-0.3, -0.25) is 0 Å². The zero-order valence-electron chi connectivity index (χ0n) is 35.2. The number of nitrogens with zero attached hydrogens (tertiary/aromatic N) is 3. The highest BCUT2D eigenvalue weighted by Crippen LogP contribution is 2.49.